The van der Waals surface area contributed by atoms with Crippen LogP contribution in [0.1, 0.15) is 11.3 Å². The first kappa shape index (κ1) is 8.62. The molecule has 11 heavy (non-hydrogen) atoms. The van der Waals surface area contributed by atoms with E-state index in [0.29, 0.717) is 0 Å². The number of rotatable bonds is 2. The second-order valence-electron chi connectivity index (χ2n) is 2.44. The van der Waals surface area contributed by atoms with Gasteiger partial charge in [-0.3, -0.25) is 10.1 Å². The summed E-state index contributed by atoms with van der Waals surface area (Å²) in [6.45, 7) is 5.91. The number of nitrogens with two attached hydrogens (primary N) is 1. The SMILES string of the molecule is Cc1cc([B]SN)c(C)cn1. The Morgan fingerprint density at radius 1 is 1.55 bits per heavy atom. The van der Waals surface area contributed by atoms with E-state index < -0.39 is 0 Å². The molecule has 0 atom stereocenters. The Bertz CT molecular complexity index is 252. The van der Waals surface area contributed by atoms with Gasteiger partial charge in [0.15, 0.2) is 0 Å². The Labute approximate surface area is 71.9 Å². The van der Waals surface area contributed by atoms with Crippen molar-refractivity contribution in [1.82, 2.24) is 4.98 Å². The summed E-state index contributed by atoms with van der Waals surface area (Å²) in [4.78, 5) is 4.15. The molecular formula is C7H10BN2S. The zero-order valence-corrected chi connectivity index (χ0v) is 7.48. The van der Waals surface area contributed by atoms with Crippen molar-refractivity contribution in [3.63, 3.8) is 0 Å². The van der Waals surface area contributed by atoms with Gasteiger partial charge in [0.25, 0.3) is 6.56 Å². The number of pyridine rings is 1. The summed E-state index contributed by atoms with van der Waals surface area (Å²) in [5, 5.41) is 5.32. The maximum atomic E-state index is 5.32. The maximum absolute atomic E-state index is 5.32. The highest BCUT2D eigenvalue weighted by atomic mass is 32.2. The molecular weight excluding hydrogens is 155 g/mol. The molecule has 57 valence electrons. The smallest absolute Gasteiger partial charge is 0.250 e. The van der Waals surface area contributed by atoms with Crippen LogP contribution in [0.4, 0.5) is 0 Å². The number of aryl methyl sites for hydroxylation is 2. The predicted octanol–water partition coefficient (Wildman–Crippen LogP) is 0.550. The largest absolute Gasteiger partial charge is 0.288 e. The van der Waals surface area contributed by atoms with E-state index in [9.17, 15) is 0 Å². The van der Waals surface area contributed by atoms with Crippen LogP contribution in [0.3, 0.4) is 0 Å². The van der Waals surface area contributed by atoms with Crippen LogP contribution in [0.2, 0.25) is 0 Å². The van der Waals surface area contributed by atoms with Crippen LogP contribution in [-0.4, -0.2) is 11.5 Å². The second kappa shape index (κ2) is 3.78. The summed E-state index contributed by atoms with van der Waals surface area (Å²) in [5.41, 5.74) is 3.34. The lowest BCUT2D eigenvalue weighted by Gasteiger charge is -2.01. The van der Waals surface area contributed by atoms with Crippen molar-refractivity contribution in [2.24, 2.45) is 5.14 Å². The van der Waals surface area contributed by atoms with Crippen molar-refractivity contribution in [2.45, 2.75) is 13.8 Å². The van der Waals surface area contributed by atoms with Crippen molar-refractivity contribution in [3.8, 4) is 0 Å². The molecule has 0 aliphatic carbocycles. The number of aromatic nitrogens is 1. The van der Waals surface area contributed by atoms with Gasteiger partial charge in [0.2, 0.25) is 0 Å². The molecule has 2 N–H and O–H groups in total. The Morgan fingerprint density at radius 2 is 2.27 bits per heavy atom. The molecule has 1 radical (unpaired) electrons. The molecule has 0 aromatic carbocycles. The number of hydrogen-bond donors (Lipinski definition) is 1. The lowest BCUT2D eigenvalue weighted by Crippen LogP contribution is -2.17. The summed E-state index contributed by atoms with van der Waals surface area (Å²) in [6, 6.07) is 2.02. The van der Waals surface area contributed by atoms with E-state index in [1.165, 1.54) is 11.8 Å². The monoisotopic (exact) mass is 165 g/mol. The van der Waals surface area contributed by atoms with Crippen LogP contribution < -0.4 is 10.6 Å². The van der Waals surface area contributed by atoms with E-state index in [0.717, 1.165) is 16.7 Å². The first-order valence-corrected chi connectivity index (χ1v) is 4.30. The van der Waals surface area contributed by atoms with Gasteiger partial charge >= 0.3 is 0 Å². The molecule has 1 heterocycles. The summed E-state index contributed by atoms with van der Waals surface area (Å²) < 4.78 is 0. The van der Waals surface area contributed by atoms with Gasteiger partial charge in [-0.15, -0.1) is 11.8 Å². The Balaban J connectivity index is 2.93. The van der Waals surface area contributed by atoms with E-state index >= 15 is 0 Å². The van der Waals surface area contributed by atoms with Crippen LogP contribution >= 0.6 is 11.8 Å². The fourth-order valence-electron chi connectivity index (χ4n) is 0.850. The molecule has 0 saturated heterocycles. The van der Waals surface area contributed by atoms with Crippen LogP contribution in [0.15, 0.2) is 12.3 Å². The van der Waals surface area contributed by atoms with E-state index in [-0.39, 0.29) is 0 Å². The van der Waals surface area contributed by atoms with Crippen molar-refractivity contribution < 1.29 is 0 Å². The molecule has 0 spiro atoms. The normalized spacial score (nSPS) is 9.73. The highest BCUT2D eigenvalue weighted by Gasteiger charge is 1.99. The zero-order valence-electron chi connectivity index (χ0n) is 6.66. The average Bonchev–Trinajstić information content (AvgIpc) is 1.98. The van der Waals surface area contributed by atoms with Gasteiger partial charge in [0.1, 0.15) is 0 Å². The minimum absolute atomic E-state index is 1.02. The molecule has 0 saturated carbocycles. The Hall–Kier alpha value is -0.475. The van der Waals surface area contributed by atoms with Gasteiger partial charge in [0.05, 0.1) is 0 Å². The fraction of sp³-hybridized carbons (Fsp3) is 0.286. The Kier molecular flexibility index (Phi) is 2.97. The highest BCUT2D eigenvalue weighted by Crippen LogP contribution is 1.95. The molecule has 0 amide bonds. The molecule has 1 rings (SSSR count). The van der Waals surface area contributed by atoms with Crippen molar-refractivity contribution >= 4 is 23.8 Å². The van der Waals surface area contributed by atoms with E-state index in [2.05, 4.69) is 4.98 Å². The van der Waals surface area contributed by atoms with Gasteiger partial charge in [-0.1, -0.05) is 5.46 Å². The van der Waals surface area contributed by atoms with E-state index in [1.807, 2.05) is 32.7 Å². The highest BCUT2D eigenvalue weighted by molar-refractivity contribution is 8.21. The van der Waals surface area contributed by atoms with E-state index in [4.69, 9.17) is 5.14 Å². The molecule has 0 fully saturated rings. The molecule has 1 aromatic rings. The topological polar surface area (TPSA) is 38.9 Å². The lowest BCUT2D eigenvalue weighted by molar-refractivity contribution is 1.18. The minimum Gasteiger partial charge on any atom is -0.288 e. The average molecular weight is 165 g/mol. The summed E-state index contributed by atoms with van der Waals surface area (Å²) in [7, 11) is 0. The third-order valence-corrected chi connectivity index (χ3v) is 1.87. The first-order valence-electron chi connectivity index (χ1n) is 3.36. The molecule has 0 aliphatic heterocycles. The van der Waals surface area contributed by atoms with Gasteiger partial charge in [-0.25, -0.2) is 0 Å². The van der Waals surface area contributed by atoms with Crippen LogP contribution in [0.5, 0.6) is 0 Å². The molecule has 1 aromatic heterocycles. The fourth-order valence-corrected chi connectivity index (χ4v) is 1.25. The molecule has 4 heteroatoms. The van der Waals surface area contributed by atoms with Crippen molar-refractivity contribution in [1.29, 1.82) is 0 Å². The van der Waals surface area contributed by atoms with Crippen LogP contribution in [-0.2, 0) is 0 Å². The summed E-state index contributed by atoms with van der Waals surface area (Å²) in [5.74, 6) is 0. The molecule has 0 unspecified atom stereocenters. The zero-order chi connectivity index (χ0) is 8.27. The second-order valence-corrected chi connectivity index (χ2v) is 2.94. The lowest BCUT2D eigenvalue weighted by atomic mass is 9.91. The predicted molar refractivity (Wildman–Crippen MR) is 50.9 cm³/mol. The standard InChI is InChI=1S/C7H10BN2S/c1-5-4-10-6(2)3-7(5)8-11-9/h3-4H,9H2,1-2H3. The Morgan fingerprint density at radius 3 is 2.91 bits per heavy atom. The van der Waals surface area contributed by atoms with Crippen LogP contribution in [0, 0.1) is 13.8 Å². The van der Waals surface area contributed by atoms with Gasteiger partial charge in [-0.05, 0) is 25.5 Å². The quantitative estimate of drug-likeness (QED) is 0.513. The van der Waals surface area contributed by atoms with Crippen LogP contribution in [0.25, 0.3) is 0 Å². The molecule has 0 aliphatic rings. The first-order chi connectivity index (χ1) is 5.24. The van der Waals surface area contributed by atoms with Crippen molar-refractivity contribution in [3.05, 3.63) is 23.5 Å². The third-order valence-electron chi connectivity index (χ3n) is 1.48. The minimum atomic E-state index is 1.02. The van der Waals surface area contributed by atoms with Gasteiger partial charge < -0.3 is 0 Å². The maximum Gasteiger partial charge on any atom is 0.250 e. The van der Waals surface area contributed by atoms with E-state index in [1.54, 1.807) is 0 Å². The third kappa shape index (κ3) is 2.24. The van der Waals surface area contributed by atoms with Gasteiger partial charge in [0, 0.05) is 11.9 Å². The summed E-state index contributed by atoms with van der Waals surface area (Å²) in [6.07, 6.45) is 1.86. The molecule has 0 bridgehead atoms. The number of nitrogens with zero attached hydrogens (tertiary/aromatic N) is 1. The van der Waals surface area contributed by atoms with Gasteiger partial charge in [-0.2, -0.15) is 0 Å². The summed E-state index contributed by atoms with van der Waals surface area (Å²) >= 11 is 1.22. The van der Waals surface area contributed by atoms with Crippen molar-refractivity contribution in [2.75, 3.05) is 0 Å². The number of hydrogen-bond acceptors (Lipinski definition) is 3. The molecule has 2 nitrogen and oxygen atoms in total.